The zero-order chi connectivity index (χ0) is 14.8. The lowest BCUT2D eigenvalue weighted by molar-refractivity contribution is -0.137. The van der Waals surface area contributed by atoms with Crippen molar-refractivity contribution in [1.29, 1.82) is 0 Å². The van der Waals surface area contributed by atoms with Gasteiger partial charge in [0.15, 0.2) is 5.01 Å². The topological polar surface area (TPSA) is 24.9 Å². The van der Waals surface area contributed by atoms with Gasteiger partial charge in [-0.25, -0.2) is 4.98 Å². The molecular formula is C13H12BrF3N2S. The number of hydrogen-bond acceptors (Lipinski definition) is 3. The standard InChI is InChI=1S/C13H12BrF3N2S/c1-18-10(6-8-4-2-3-5-9(8)14)11-7-19-12(20-11)13(15,16)17/h2-5,7,10,18H,6H2,1H3. The molecule has 1 heterocycles. The van der Waals surface area contributed by atoms with Crippen LogP contribution in [0.15, 0.2) is 34.9 Å². The molecule has 0 saturated heterocycles. The van der Waals surface area contributed by atoms with Gasteiger partial charge >= 0.3 is 6.18 Å². The van der Waals surface area contributed by atoms with Crippen molar-refractivity contribution in [3.05, 3.63) is 50.4 Å². The molecule has 1 N–H and O–H groups in total. The van der Waals surface area contributed by atoms with Gasteiger partial charge in [0.05, 0.1) is 0 Å². The predicted octanol–water partition coefficient (Wildman–Crippen LogP) is 4.43. The number of thiazole rings is 1. The Hall–Kier alpha value is -0.920. The van der Waals surface area contributed by atoms with Crippen LogP contribution in [0, 0.1) is 0 Å². The van der Waals surface area contributed by atoms with Crippen LogP contribution in [0.3, 0.4) is 0 Å². The van der Waals surface area contributed by atoms with Gasteiger partial charge in [0, 0.05) is 21.6 Å². The molecule has 0 amide bonds. The van der Waals surface area contributed by atoms with Gasteiger partial charge in [0.25, 0.3) is 0 Å². The molecule has 2 aromatic rings. The van der Waals surface area contributed by atoms with Crippen molar-refractivity contribution < 1.29 is 13.2 Å². The third-order valence-electron chi connectivity index (χ3n) is 2.84. The number of rotatable bonds is 4. The first-order valence-electron chi connectivity index (χ1n) is 5.85. The summed E-state index contributed by atoms with van der Waals surface area (Å²) < 4.78 is 38.7. The van der Waals surface area contributed by atoms with E-state index in [1.54, 1.807) is 7.05 Å². The van der Waals surface area contributed by atoms with Crippen LogP contribution >= 0.6 is 27.3 Å². The van der Waals surface area contributed by atoms with Gasteiger partial charge in [-0.1, -0.05) is 34.1 Å². The molecule has 1 unspecified atom stereocenters. The number of nitrogens with zero attached hydrogens (tertiary/aromatic N) is 1. The maximum Gasteiger partial charge on any atom is 0.443 e. The molecule has 1 aromatic heterocycles. The SMILES string of the molecule is CNC(Cc1ccccc1Br)c1cnc(C(F)(F)F)s1. The summed E-state index contributed by atoms with van der Waals surface area (Å²) in [6, 6.07) is 7.47. The summed E-state index contributed by atoms with van der Waals surface area (Å²) in [7, 11) is 1.73. The molecule has 2 rings (SSSR count). The molecule has 0 spiro atoms. The van der Waals surface area contributed by atoms with E-state index >= 15 is 0 Å². The third-order valence-corrected chi connectivity index (χ3v) is 4.77. The van der Waals surface area contributed by atoms with Crippen LogP contribution < -0.4 is 5.32 Å². The second-order valence-electron chi connectivity index (χ2n) is 4.20. The Bertz CT molecular complexity index is 583. The summed E-state index contributed by atoms with van der Waals surface area (Å²) in [5, 5.41) is 2.24. The van der Waals surface area contributed by atoms with Crippen molar-refractivity contribution in [2.75, 3.05) is 7.05 Å². The summed E-state index contributed by atoms with van der Waals surface area (Å²) in [5.41, 5.74) is 1.04. The summed E-state index contributed by atoms with van der Waals surface area (Å²) in [6.07, 6.45) is -2.49. The highest BCUT2D eigenvalue weighted by Crippen LogP contribution is 2.35. The van der Waals surface area contributed by atoms with Crippen molar-refractivity contribution in [3.8, 4) is 0 Å². The first-order valence-corrected chi connectivity index (χ1v) is 7.46. The quantitative estimate of drug-likeness (QED) is 0.867. The highest BCUT2D eigenvalue weighted by Gasteiger charge is 2.35. The molecule has 7 heteroatoms. The van der Waals surface area contributed by atoms with Gasteiger partial charge in [0.2, 0.25) is 0 Å². The summed E-state index contributed by atoms with van der Waals surface area (Å²) in [4.78, 5) is 4.04. The first-order chi connectivity index (χ1) is 9.41. The van der Waals surface area contributed by atoms with E-state index in [1.807, 2.05) is 24.3 Å². The van der Waals surface area contributed by atoms with Gasteiger partial charge in [-0.2, -0.15) is 13.2 Å². The zero-order valence-electron chi connectivity index (χ0n) is 10.5. The summed E-state index contributed by atoms with van der Waals surface area (Å²) in [6.45, 7) is 0. The highest BCUT2D eigenvalue weighted by molar-refractivity contribution is 9.10. The molecular weight excluding hydrogens is 353 g/mol. The molecule has 0 fully saturated rings. The normalized spacial score (nSPS) is 13.4. The Balaban J connectivity index is 2.21. The average Bonchev–Trinajstić information content (AvgIpc) is 2.87. The van der Waals surface area contributed by atoms with E-state index in [-0.39, 0.29) is 6.04 Å². The first kappa shape index (κ1) is 15.5. The molecule has 0 radical (unpaired) electrons. The van der Waals surface area contributed by atoms with Crippen molar-refractivity contribution in [2.45, 2.75) is 18.6 Å². The van der Waals surface area contributed by atoms with E-state index < -0.39 is 11.2 Å². The number of nitrogens with one attached hydrogen (secondary N) is 1. The number of benzene rings is 1. The van der Waals surface area contributed by atoms with Crippen molar-refractivity contribution >= 4 is 27.3 Å². The fourth-order valence-electron chi connectivity index (χ4n) is 1.81. The Morgan fingerprint density at radius 1 is 1.35 bits per heavy atom. The lowest BCUT2D eigenvalue weighted by atomic mass is 10.1. The largest absolute Gasteiger partial charge is 0.443 e. The molecule has 1 aromatic carbocycles. The second-order valence-corrected chi connectivity index (χ2v) is 6.12. The minimum atomic E-state index is -4.38. The van der Waals surface area contributed by atoms with E-state index in [0.717, 1.165) is 10.0 Å². The van der Waals surface area contributed by atoms with Gasteiger partial charge < -0.3 is 5.32 Å². The van der Waals surface area contributed by atoms with Crippen LogP contribution in [0.25, 0.3) is 0 Å². The number of hydrogen-bond donors (Lipinski definition) is 1. The molecule has 0 saturated carbocycles. The molecule has 0 aliphatic heterocycles. The smallest absolute Gasteiger partial charge is 0.312 e. The van der Waals surface area contributed by atoms with E-state index in [1.165, 1.54) is 6.20 Å². The number of halogens is 4. The Morgan fingerprint density at radius 3 is 2.60 bits per heavy atom. The lowest BCUT2D eigenvalue weighted by Crippen LogP contribution is -2.17. The molecule has 20 heavy (non-hydrogen) atoms. The van der Waals surface area contributed by atoms with Gasteiger partial charge in [-0.3, -0.25) is 0 Å². The molecule has 0 aliphatic carbocycles. The van der Waals surface area contributed by atoms with Crippen molar-refractivity contribution in [2.24, 2.45) is 0 Å². The van der Waals surface area contributed by atoms with Crippen LogP contribution in [0.2, 0.25) is 0 Å². The van der Waals surface area contributed by atoms with E-state index in [2.05, 4.69) is 26.2 Å². The monoisotopic (exact) mass is 364 g/mol. The highest BCUT2D eigenvalue weighted by atomic mass is 79.9. The molecule has 108 valence electrons. The number of likely N-dealkylation sites (N-methyl/N-ethyl adjacent to an activating group) is 1. The van der Waals surface area contributed by atoms with Crippen LogP contribution in [-0.4, -0.2) is 12.0 Å². The Morgan fingerprint density at radius 2 is 2.05 bits per heavy atom. The van der Waals surface area contributed by atoms with Gasteiger partial charge in [0.1, 0.15) is 0 Å². The van der Waals surface area contributed by atoms with E-state index in [4.69, 9.17) is 0 Å². The molecule has 0 bridgehead atoms. The minimum Gasteiger partial charge on any atom is -0.312 e. The van der Waals surface area contributed by atoms with Gasteiger partial charge in [-0.15, -0.1) is 11.3 Å². The fraction of sp³-hybridized carbons (Fsp3) is 0.308. The summed E-state index contributed by atoms with van der Waals surface area (Å²) >= 11 is 4.13. The molecule has 2 nitrogen and oxygen atoms in total. The van der Waals surface area contributed by atoms with E-state index in [0.29, 0.717) is 22.6 Å². The Kier molecular flexibility index (Phi) is 4.82. The van der Waals surface area contributed by atoms with Crippen LogP contribution in [0.1, 0.15) is 21.5 Å². The average molecular weight is 365 g/mol. The van der Waals surface area contributed by atoms with Crippen LogP contribution in [-0.2, 0) is 12.6 Å². The van der Waals surface area contributed by atoms with Crippen molar-refractivity contribution in [3.63, 3.8) is 0 Å². The number of aromatic nitrogens is 1. The fourth-order valence-corrected chi connectivity index (χ4v) is 3.15. The molecule has 1 atom stereocenters. The zero-order valence-corrected chi connectivity index (χ0v) is 12.9. The molecule has 0 aliphatic rings. The predicted molar refractivity (Wildman–Crippen MR) is 76.8 cm³/mol. The minimum absolute atomic E-state index is 0.192. The van der Waals surface area contributed by atoms with Crippen LogP contribution in [0.5, 0.6) is 0 Å². The lowest BCUT2D eigenvalue weighted by Gasteiger charge is -2.15. The Labute approximate surface area is 127 Å². The van der Waals surface area contributed by atoms with E-state index in [9.17, 15) is 13.2 Å². The van der Waals surface area contributed by atoms with Gasteiger partial charge in [-0.05, 0) is 25.1 Å². The maximum atomic E-state index is 12.6. The number of alkyl halides is 3. The van der Waals surface area contributed by atoms with Crippen molar-refractivity contribution in [1.82, 2.24) is 10.3 Å². The third kappa shape index (κ3) is 3.59. The summed E-state index contributed by atoms with van der Waals surface area (Å²) in [5.74, 6) is 0. The maximum absolute atomic E-state index is 12.6. The van der Waals surface area contributed by atoms with Crippen LogP contribution in [0.4, 0.5) is 13.2 Å². The second kappa shape index (κ2) is 6.24.